The summed E-state index contributed by atoms with van der Waals surface area (Å²) in [4.78, 5) is 6.86. The van der Waals surface area contributed by atoms with Crippen LogP contribution in [0.3, 0.4) is 0 Å². The molecule has 0 amide bonds. The Morgan fingerprint density at radius 1 is 1.23 bits per heavy atom. The molecule has 0 spiro atoms. The number of ether oxygens (including phenoxy) is 1. The minimum atomic E-state index is 0. The number of morpholine rings is 1. The summed E-state index contributed by atoms with van der Waals surface area (Å²) in [6.45, 7) is 15.7. The van der Waals surface area contributed by atoms with Crippen molar-refractivity contribution in [3.63, 3.8) is 0 Å². The quantitative estimate of drug-likeness (QED) is 0.403. The van der Waals surface area contributed by atoms with Crippen LogP contribution in [0.4, 0.5) is 0 Å². The third-order valence-electron chi connectivity index (χ3n) is 3.53. The molecule has 0 aliphatic carbocycles. The Hall–Kier alpha value is -0.0800. The van der Waals surface area contributed by atoms with Crippen molar-refractivity contribution >= 4 is 29.9 Å². The normalized spacial score (nSPS) is 18.8. The third kappa shape index (κ3) is 9.15. The minimum absolute atomic E-state index is 0. The Balaban J connectivity index is 0.00000441. The predicted molar refractivity (Wildman–Crippen MR) is 105 cm³/mol. The molecule has 0 aromatic carbocycles. The molecule has 0 aromatic rings. The molecular weight excluding hydrogens is 391 g/mol. The van der Waals surface area contributed by atoms with Gasteiger partial charge in [-0.3, -0.25) is 9.89 Å². The van der Waals surface area contributed by atoms with Gasteiger partial charge in [-0.05, 0) is 33.1 Å². The van der Waals surface area contributed by atoms with Gasteiger partial charge in [0.05, 0.1) is 13.2 Å². The molecule has 0 saturated carbocycles. The second kappa shape index (κ2) is 10.6. The molecule has 1 atom stereocenters. The molecule has 22 heavy (non-hydrogen) atoms. The van der Waals surface area contributed by atoms with Crippen molar-refractivity contribution in [2.24, 2.45) is 10.9 Å². The lowest BCUT2D eigenvalue weighted by Gasteiger charge is -2.36. The van der Waals surface area contributed by atoms with Crippen LogP contribution in [-0.4, -0.2) is 62.3 Å². The molecule has 2 N–H and O–H groups in total. The third-order valence-corrected chi connectivity index (χ3v) is 3.53. The largest absolute Gasteiger partial charge is 0.379 e. The molecule has 6 heteroatoms. The van der Waals surface area contributed by atoms with E-state index in [4.69, 9.17) is 4.74 Å². The topological polar surface area (TPSA) is 48.9 Å². The van der Waals surface area contributed by atoms with Crippen LogP contribution in [0.1, 0.15) is 41.0 Å². The minimum Gasteiger partial charge on any atom is -0.379 e. The van der Waals surface area contributed by atoms with Crippen molar-refractivity contribution in [3.05, 3.63) is 0 Å². The standard InChI is InChI=1S/C16H34N4O.HI/c1-13(2)11-14(20-7-9-21-10-8-20)12-18-15(17-6)19-16(3,4)5;/h13-14H,7-12H2,1-6H3,(H2,17,18,19);1H. The first kappa shape index (κ1) is 21.9. The van der Waals surface area contributed by atoms with Crippen molar-refractivity contribution < 1.29 is 4.74 Å². The Morgan fingerprint density at radius 3 is 2.27 bits per heavy atom. The number of hydrogen-bond acceptors (Lipinski definition) is 3. The van der Waals surface area contributed by atoms with E-state index in [2.05, 4.69) is 55.1 Å². The molecule has 0 aromatic heterocycles. The van der Waals surface area contributed by atoms with Gasteiger partial charge in [0.1, 0.15) is 0 Å². The summed E-state index contributed by atoms with van der Waals surface area (Å²) in [5, 5.41) is 6.90. The highest BCUT2D eigenvalue weighted by molar-refractivity contribution is 14.0. The van der Waals surface area contributed by atoms with Gasteiger partial charge < -0.3 is 15.4 Å². The van der Waals surface area contributed by atoms with Gasteiger partial charge in [0.2, 0.25) is 0 Å². The molecule has 1 aliphatic rings. The zero-order chi connectivity index (χ0) is 15.9. The second-order valence-corrected chi connectivity index (χ2v) is 7.26. The van der Waals surface area contributed by atoms with Crippen LogP contribution in [0.25, 0.3) is 0 Å². The van der Waals surface area contributed by atoms with Gasteiger partial charge in [-0.15, -0.1) is 24.0 Å². The Morgan fingerprint density at radius 2 is 1.82 bits per heavy atom. The Labute approximate surface area is 153 Å². The molecule has 5 nitrogen and oxygen atoms in total. The molecule has 1 saturated heterocycles. The SMILES string of the molecule is CN=C(NCC(CC(C)C)N1CCOCC1)NC(C)(C)C.I. The fourth-order valence-corrected chi connectivity index (χ4v) is 2.60. The van der Waals surface area contributed by atoms with Crippen LogP contribution >= 0.6 is 24.0 Å². The summed E-state index contributed by atoms with van der Waals surface area (Å²) in [6, 6.07) is 0.535. The number of nitrogens with one attached hydrogen (secondary N) is 2. The number of rotatable bonds is 5. The van der Waals surface area contributed by atoms with E-state index in [-0.39, 0.29) is 29.5 Å². The molecule has 1 unspecified atom stereocenters. The van der Waals surface area contributed by atoms with Crippen LogP contribution in [0.15, 0.2) is 4.99 Å². The van der Waals surface area contributed by atoms with E-state index in [0.29, 0.717) is 12.0 Å². The van der Waals surface area contributed by atoms with Crippen LogP contribution in [0.5, 0.6) is 0 Å². The number of nitrogens with zero attached hydrogens (tertiary/aromatic N) is 2. The lowest BCUT2D eigenvalue weighted by Crippen LogP contribution is -2.53. The zero-order valence-corrected chi connectivity index (χ0v) is 17.4. The van der Waals surface area contributed by atoms with Gasteiger partial charge in [0.25, 0.3) is 0 Å². The number of hydrogen-bond donors (Lipinski definition) is 2. The van der Waals surface area contributed by atoms with Gasteiger partial charge in [-0.25, -0.2) is 0 Å². The van der Waals surface area contributed by atoms with Gasteiger partial charge in [-0.2, -0.15) is 0 Å². The van der Waals surface area contributed by atoms with Crippen molar-refractivity contribution in [1.29, 1.82) is 0 Å². The molecular formula is C16H35IN4O. The summed E-state index contributed by atoms with van der Waals surface area (Å²) < 4.78 is 5.47. The van der Waals surface area contributed by atoms with E-state index < -0.39 is 0 Å². The van der Waals surface area contributed by atoms with Crippen LogP contribution in [-0.2, 0) is 4.74 Å². The van der Waals surface area contributed by atoms with E-state index >= 15 is 0 Å². The monoisotopic (exact) mass is 426 g/mol. The summed E-state index contributed by atoms with van der Waals surface area (Å²) in [6.07, 6.45) is 1.19. The highest BCUT2D eigenvalue weighted by Gasteiger charge is 2.22. The fourth-order valence-electron chi connectivity index (χ4n) is 2.60. The van der Waals surface area contributed by atoms with E-state index in [1.165, 1.54) is 6.42 Å². The van der Waals surface area contributed by atoms with Crippen molar-refractivity contribution in [2.75, 3.05) is 39.9 Å². The maximum absolute atomic E-state index is 5.47. The zero-order valence-electron chi connectivity index (χ0n) is 15.1. The van der Waals surface area contributed by atoms with E-state index in [1.54, 1.807) is 0 Å². The van der Waals surface area contributed by atoms with Gasteiger partial charge in [0.15, 0.2) is 5.96 Å². The molecule has 0 radical (unpaired) electrons. The number of halogens is 1. The van der Waals surface area contributed by atoms with E-state index in [9.17, 15) is 0 Å². The van der Waals surface area contributed by atoms with Gasteiger partial charge in [0, 0.05) is 38.3 Å². The summed E-state index contributed by atoms with van der Waals surface area (Å²) >= 11 is 0. The molecule has 1 rings (SSSR count). The van der Waals surface area contributed by atoms with Crippen LogP contribution in [0.2, 0.25) is 0 Å². The molecule has 1 heterocycles. The first-order valence-corrected chi connectivity index (χ1v) is 8.12. The molecule has 1 fully saturated rings. The lowest BCUT2D eigenvalue weighted by molar-refractivity contribution is 0.0132. The van der Waals surface area contributed by atoms with Crippen molar-refractivity contribution in [2.45, 2.75) is 52.6 Å². The molecule has 1 aliphatic heterocycles. The van der Waals surface area contributed by atoms with Crippen molar-refractivity contribution in [3.8, 4) is 0 Å². The fraction of sp³-hybridized carbons (Fsp3) is 0.938. The summed E-state index contributed by atoms with van der Waals surface area (Å²) in [5.74, 6) is 1.57. The maximum Gasteiger partial charge on any atom is 0.191 e. The Kier molecular flexibility index (Phi) is 10.6. The van der Waals surface area contributed by atoms with Crippen LogP contribution < -0.4 is 10.6 Å². The lowest BCUT2D eigenvalue weighted by atomic mass is 10.0. The number of aliphatic imine (C=N–C) groups is 1. The average molecular weight is 426 g/mol. The van der Waals surface area contributed by atoms with E-state index in [0.717, 1.165) is 38.8 Å². The highest BCUT2D eigenvalue weighted by atomic mass is 127. The summed E-state index contributed by atoms with van der Waals surface area (Å²) in [7, 11) is 1.83. The average Bonchev–Trinajstić information content (AvgIpc) is 2.41. The Bertz CT molecular complexity index is 323. The van der Waals surface area contributed by atoms with Crippen molar-refractivity contribution in [1.82, 2.24) is 15.5 Å². The highest BCUT2D eigenvalue weighted by Crippen LogP contribution is 2.13. The first-order valence-electron chi connectivity index (χ1n) is 8.12. The predicted octanol–water partition coefficient (Wildman–Crippen LogP) is 2.31. The second-order valence-electron chi connectivity index (χ2n) is 7.26. The maximum atomic E-state index is 5.47. The van der Waals surface area contributed by atoms with Gasteiger partial charge in [-0.1, -0.05) is 13.8 Å². The van der Waals surface area contributed by atoms with Gasteiger partial charge >= 0.3 is 0 Å². The molecule has 132 valence electrons. The number of guanidine groups is 1. The summed E-state index contributed by atoms with van der Waals surface area (Å²) in [5.41, 5.74) is 0.0222. The molecule has 0 bridgehead atoms. The van der Waals surface area contributed by atoms with E-state index in [1.807, 2.05) is 7.05 Å². The smallest absolute Gasteiger partial charge is 0.191 e. The first-order chi connectivity index (χ1) is 9.81. The van der Waals surface area contributed by atoms with Crippen LogP contribution in [0, 0.1) is 5.92 Å².